The van der Waals surface area contributed by atoms with Gasteiger partial charge in [0, 0.05) is 19.6 Å². The van der Waals surface area contributed by atoms with E-state index in [4.69, 9.17) is 8.92 Å². The molecule has 1 aromatic heterocycles. The Hall–Kier alpha value is -4.26. The molecule has 2 aromatic carbocycles. The zero-order chi connectivity index (χ0) is 32.1. The summed E-state index contributed by atoms with van der Waals surface area (Å²) in [4.78, 5) is 36.7. The molecule has 0 saturated heterocycles. The number of nitrogens with one attached hydrogen (secondary N) is 2. The number of halogens is 1. The summed E-state index contributed by atoms with van der Waals surface area (Å²) in [5.74, 6) is -2.11. The SMILES string of the molecule is CCN(CC)C(=O)NC(C)(C)c1nc(OC)c(OS(=O)(=O)c2c(C)cc(C)cc2C)c(C(=O)NCc2ccc(F)cc2)n1. The maximum absolute atomic E-state index is 13.6. The quantitative estimate of drug-likeness (QED) is 0.300. The van der Waals surface area contributed by atoms with Crippen LogP contribution < -0.4 is 19.6 Å². The van der Waals surface area contributed by atoms with E-state index in [0.29, 0.717) is 29.8 Å². The lowest BCUT2D eigenvalue weighted by atomic mass is 10.0. The average Bonchev–Trinajstić information content (AvgIpc) is 2.92. The fourth-order valence-corrected chi connectivity index (χ4v) is 5.93. The van der Waals surface area contributed by atoms with Crippen molar-refractivity contribution in [1.29, 1.82) is 0 Å². The standard InChI is InChI=1S/C30H38FN5O6S/c1-9-36(10-2)29(38)35-30(6,7)28-33-23(26(37)32-17-21-11-13-22(31)14-12-21)24(27(34-28)41-8)42-43(39,40)25-19(4)15-18(3)16-20(25)5/h11-16H,9-10,17H2,1-8H3,(H,32,37)(H,35,38). The molecular formula is C30H38FN5O6S. The van der Waals surface area contributed by atoms with Gasteiger partial charge in [-0.15, -0.1) is 0 Å². The Morgan fingerprint density at radius 1 is 1.00 bits per heavy atom. The highest BCUT2D eigenvalue weighted by atomic mass is 32.2. The molecule has 0 fully saturated rings. The van der Waals surface area contributed by atoms with Crippen LogP contribution in [0.2, 0.25) is 0 Å². The van der Waals surface area contributed by atoms with E-state index in [1.54, 1.807) is 44.7 Å². The molecule has 0 aliphatic carbocycles. The van der Waals surface area contributed by atoms with Crippen molar-refractivity contribution < 1.29 is 31.3 Å². The monoisotopic (exact) mass is 615 g/mol. The number of benzene rings is 2. The highest BCUT2D eigenvalue weighted by Crippen LogP contribution is 2.35. The van der Waals surface area contributed by atoms with Crippen LogP contribution in [0.25, 0.3) is 0 Å². The van der Waals surface area contributed by atoms with Gasteiger partial charge in [-0.1, -0.05) is 29.8 Å². The van der Waals surface area contributed by atoms with Crippen LogP contribution in [0.15, 0.2) is 41.3 Å². The van der Waals surface area contributed by atoms with E-state index in [0.717, 1.165) is 5.56 Å². The highest BCUT2D eigenvalue weighted by molar-refractivity contribution is 7.87. The Morgan fingerprint density at radius 2 is 1.58 bits per heavy atom. The number of rotatable bonds is 11. The molecule has 232 valence electrons. The molecule has 0 saturated carbocycles. The largest absolute Gasteiger partial charge is 0.478 e. The Morgan fingerprint density at radius 3 is 2.12 bits per heavy atom. The number of ether oxygens (including phenoxy) is 1. The summed E-state index contributed by atoms with van der Waals surface area (Å²) >= 11 is 0. The number of aryl methyl sites for hydroxylation is 3. The summed E-state index contributed by atoms with van der Waals surface area (Å²) in [5, 5.41) is 5.51. The van der Waals surface area contributed by atoms with Gasteiger partial charge >= 0.3 is 16.1 Å². The summed E-state index contributed by atoms with van der Waals surface area (Å²) in [6, 6.07) is 8.53. The van der Waals surface area contributed by atoms with Gasteiger partial charge in [-0.25, -0.2) is 14.2 Å². The summed E-state index contributed by atoms with van der Waals surface area (Å²) in [7, 11) is -3.25. The number of methoxy groups -OCH3 is 1. The van der Waals surface area contributed by atoms with Crippen LogP contribution in [0, 0.1) is 26.6 Å². The number of hydrogen-bond acceptors (Lipinski definition) is 8. The molecule has 0 spiro atoms. The van der Waals surface area contributed by atoms with Crippen molar-refractivity contribution >= 4 is 22.1 Å². The molecule has 0 aliphatic rings. The Kier molecular flexibility index (Phi) is 10.3. The second kappa shape index (κ2) is 13.4. The van der Waals surface area contributed by atoms with Crippen LogP contribution in [0.1, 0.15) is 66.3 Å². The van der Waals surface area contributed by atoms with Crippen LogP contribution in [0.5, 0.6) is 11.6 Å². The maximum Gasteiger partial charge on any atom is 0.340 e. The predicted octanol–water partition coefficient (Wildman–Crippen LogP) is 4.53. The number of amides is 3. The second-order valence-corrected chi connectivity index (χ2v) is 12.0. The minimum absolute atomic E-state index is 0.0226. The number of urea groups is 1. The number of hydrogen-bond donors (Lipinski definition) is 2. The Labute approximate surface area is 252 Å². The van der Waals surface area contributed by atoms with Crippen LogP contribution >= 0.6 is 0 Å². The summed E-state index contributed by atoms with van der Waals surface area (Å²) in [5.41, 5.74) is 0.714. The lowest BCUT2D eigenvalue weighted by Crippen LogP contribution is -2.49. The van der Waals surface area contributed by atoms with Gasteiger partial charge in [-0.3, -0.25) is 4.79 Å². The first-order chi connectivity index (χ1) is 20.1. The third-order valence-electron chi connectivity index (χ3n) is 6.69. The van der Waals surface area contributed by atoms with Gasteiger partial charge in [-0.2, -0.15) is 13.4 Å². The molecule has 3 rings (SSSR count). The zero-order valence-corrected chi connectivity index (χ0v) is 26.5. The van der Waals surface area contributed by atoms with E-state index in [-0.39, 0.29) is 29.2 Å². The van der Waals surface area contributed by atoms with Gasteiger partial charge in [0.05, 0.1) is 12.6 Å². The third-order valence-corrected chi connectivity index (χ3v) is 8.22. The molecule has 2 N–H and O–H groups in total. The molecule has 0 atom stereocenters. The maximum atomic E-state index is 13.6. The highest BCUT2D eigenvalue weighted by Gasteiger charge is 2.35. The van der Waals surface area contributed by atoms with E-state index in [2.05, 4.69) is 20.6 Å². The Balaban J connectivity index is 2.13. The lowest BCUT2D eigenvalue weighted by molar-refractivity contribution is 0.0942. The lowest BCUT2D eigenvalue weighted by Gasteiger charge is -2.29. The summed E-state index contributed by atoms with van der Waals surface area (Å²) in [6.45, 7) is 13.0. The van der Waals surface area contributed by atoms with Crippen molar-refractivity contribution in [3.63, 3.8) is 0 Å². The molecular weight excluding hydrogens is 577 g/mol. The van der Waals surface area contributed by atoms with Gasteiger partial charge in [0.2, 0.25) is 5.75 Å². The predicted molar refractivity (Wildman–Crippen MR) is 159 cm³/mol. The van der Waals surface area contributed by atoms with Gasteiger partial charge in [0.15, 0.2) is 11.5 Å². The number of carbonyl (C=O) groups excluding carboxylic acids is 2. The van der Waals surface area contributed by atoms with Crippen molar-refractivity contribution in [2.75, 3.05) is 20.2 Å². The first-order valence-electron chi connectivity index (χ1n) is 13.7. The molecule has 11 nitrogen and oxygen atoms in total. The third kappa shape index (κ3) is 7.78. The minimum Gasteiger partial charge on any atom is -0.478 e. The molecule has 13 heteroatoms. The average molecular weight is 616 g/mol. The van der Waals surface area contributed by atoms with E-state index in [1.807, 2.05) is 20.8 Å². The summed E-state index contributed by atoms with van der Waals surface area (Å²) in [6.07, 6.45) is 0. The van der Waals surface area contributed by atoms with Gasteiger partial charge < -0.3 is 24.5 Å². The molecule has 0 aliphatic heterocycles. The van der Waals surface area contributed by atoms with Crippen LogP contribution in [0.4, 0.5) is 9.18 Å². The van der Waals surface area contributed by atoms with E-state index in [1.165, 1.54) is 31.4 Å². The number of nitrogens with zero attached hydrogens (tertiary/aromatic N) is 3. The molecule has 0 radical (unpaired) electrons. The summed E-state index contributed by atoms with van der Waals surface area (Å²) < 4.78 is 51.6. The second-order valence-electron chi connectivity index (χ2n) is 10.5. The molecule has 3 aromatic rings. The van der Waals surface area contributed by atoms with Crippen molar-refractivity contribution in [2.45, 2.75) is 65.4 Å². The van der Waals surface area contributed by atoms with E-state index in [9.17, 15) is 22.4 Å². The van der Waals surface area contributed by atoms with Gasteiger partial charge in [0.25, 0.3) is 11.8 Å². The minimum atomic E-state index is -4.50. The smallest absolute Gasteiger partial charge is 0.340 e. The molecule has 3 amide bonds. The normalized spacial score (nSPS) is 11.6. The molecule has 43 heavy (non-hydrogen) atoms. The first kappa shape index (κ1) is 33.2. The first-order valence-corrected chi connectivity index (χ1v) is 15.1. The van der Waals surface area contributed by atoms with Crippen molar-refractivity contribution in [1.82, 2.24) is 25.5 Å². The van der Waals surface area contributed by atoms with Crippen LogP contribution in [0.3, 0.4) is 0 Å². The van der Waals surface area contributed by atoms with Crippen molar-refractivity contribution in [3.8, 4) is 11.6 Å². The number of carbonyl (C=O) groups is 2. The zero-order valence-electron chi connectivity index (χ0n) is 25.7. The number of aromatic nitrogens is 2. The van der Waals surface area contributed by atoms with Crippen LogP contribution in [-0.2, 0) is 22.2 Å². The van der Waals surface area contributed by atoms with Gasteiger partial charge in [0.1, 0.15) is 10.7 Å². The fraction of sp³-hybridized carbons (Fsp3) is 0.400. The van der Waals surface area contributed by atoms with Crippen molar-refractivity contribution in [2.24, 2.45) is 0 Å². The van der Waals surface area contributed by atoms with Crippen molar-refractivity contribution in [3.05, 3.63) is 76.0 Å². The molecule has 0 unspecified atom stereocenters. The van der Waals surface area contributed by atoms with E-state index < -0.39 is 38.8 Å². The Bertz CT molecular complexity index is 1580. The van der Waals surface area contributed by atoms with Crippen LogP contribution in [-0.4, -0.2) is 55.4 Å². The van der Waals surface area contributed by atoms with E-state index >= 15 is 0 Å². The fourth-order valence-electron chi connectivity index (χ4n) is 4.57. The van der Waals surface area contributed by atoms with Gasteiger partial charge in [-0.05, 0) is 77.3 Å². The molecule has 1 heterocycles. The molecule has 0 bridgehead atoms. The topological polar surface area (TPSA) is 140 Å².